The number of carbonyl (C=O) groups is 1. The summed E-state index contributed by atoms with van der Waals surface area (Å²) in [7, 11) is 0. The third-order valence-electron chi connectivity index (χ3n) is 2.33. The molecular weight excluding hydrogens is 232 g/mol. The van der Waals surface area contributed by atoms with E-state index in [0.29, 0.717) is 12.3 Å². The predicted molar refractivity (Wildman–Crippen MR) is 73.2 cm³/mol. The van der Waals surface area contributed by atoms with E-state index < -0.39 is 0 Å². The quantitative estimate of drug-likeness (QED) is 0.733. The normalized spacial score (nSPS) is 10.8. The highest BCUT2D eigenvalue weighted by Crippen LogP contribution is 2.14. The molecule has 0 aliphatic rings. The molecule has 0 bridgehead atoms. The van der Waals surface area contributed by atoms with Gasteiger partial charge in [0.1, 0.15) is 0 Å². The summed E-state index contributed by atoms with van der Waals surface area (Å²) in [5.74, 6) is 0.648. The lowest BCUT2D eigenvalue weighted by Gasteiger charge is -2.07. The maximum atomic E-state index is 11.4. The van der Waals surface area contributed by atoms with Crippen LogP contribution in [-0.2, 0) is 11.3 Å². The van der Waals surface area contributed by atoms with Crippen molar-refractivity contribution in [1.82, 2.24) is 10.6 Å². The van der Waals surface area contributed by atoms with E-state index in [0.717, 1.165) is 19.6 Å². The van der Waals surface area contributed by atoms with E-state index in [2.05, 4.69) is 43.5 Å². The lowest BCUT2D eigenvalue weighted by Crippen LogP contribution is -2.30. The van der Waals surface area contributed by atoms with Crippen molar-refractivity contribution in [2.24, 2.45) is 5.92 Å². The Hall–Kier alpha value is -0.870. The zero-order chi connectivity index (χ0) is 12.7. The van der Waals surface area contributed by atoms with Crippen LogP contribution in [0.4, 0.5) is 0 Å². The Bertz CT molecular complexity index is 347. The zero-order valence-corrected chi connectivity index (χ0v) is 11.7. The van der Waals surface area contributed by atoms with Gasteiger partial charge in [0.15, 0.2) is 0 Å². The van der Waals surface area contributed by atoms with Crippen molar-refractivity contribution in [3.8, 4) is 0 Å². The van der Waals surface area contributed by atoms with E-state index in [1.54, 1.807) is 11.3 Å². The van der Waals surface area contributed by atoms with Gasteiger partial charge in [-0.25, -0.2) is 0 Å². The van der Waals surface area contributed by atoms with Crippen LogP contribution in [0.5, 0.6) is 0 Å². The second-order valence-corrected chi connectivity index (χ2v) is 6.01. The fourth-order valence-electron chi connectivity index (χ4n) is 1.40. The molecule has 0 radical (unpaired) electrons. The molecule has 2 N–H and O–H groups in total. The smallest absolute Gasteiger partial charge is 0.221 e. The van der Waals surface area contributed by atoms with Gasteiger partial charge in [0.25, 0.3) is 0 Å². The number of aryl methyl sites for hydroxylation is 1. The number of carbonyl (C=O) groups excluding carboxylic acids is 1. The number of hydrogen-bond donors (Lipinski definition) is 2. The van der Waals surface area contributed by atoms with Crippen LogP contribution in [-0.4, -0.2) is 19.0 Å². The van der Waals surface area contributed by atoms with Gasteiger partial charge in [-0.1, -0.05) is 13.8 Å². The number of nitrogens with one attached hydrogen (secondary N) is 2. The Morgan fingerprint density at radius 3 is 2.76 bits per heavy atom. The Morgan fingerprint density at radius 2 is 2.18 bits per heavy atom. The van der Waals surface area contributed by atoms with Crippen molar-refractivity contribution < 1.29 is 4.79 Å². The molecule has 0 spiro atoms. The SMILES string of the molecule is Cc1ccc(CNCCC(=O)NCC(C)C)s1. The molecule has 96 valence electrons. The average molecular weight is 254 g/mol. The van der Waals surface area contributed by atoms with E-state index in [4.69, 9.17) is 0 Å². The van der Waals surface area contributed by atoms with E-state index in [-0.39, 0.29) is 5.91 Å². The molecule has 1 rings (SSSR count). The fraction of sp³-hybridized carbons (Fsp3) is 0.615. The van der Waals surface area contributed by atoms with E-state index >= 15 is 0 Å². The minimum Gasteiger partial charge on any atom is -0.356 e. The average Bonchev–Trinajstić information content (AvgIpc) is 2.68. The fourth-order valence-corrected chi connectivity index (χ4v) is 2.26. The lowest BCUT2D eigenvalue weighted by atomic mass is 10.2. The molecule has 0 aromatic carbocycles. The number of amides is 1. The molecule has 0 unspecified atom stereocenters. The first-order valence-corrected chi connectivity index (χ1v) is 6.92. The van der Waals surface area contributed by atoms with Crippen LogP contribution in [0.2, 0.25) is 0 Å². The molecule has 3 nitrogen and oxygen atoms in total. The molecule has 1 heterocycles. The molecule has 0 saturated carbocycles. The minimum absolute atomic E-state index is 0.133. The summed E-state index contributed by atoms with van der Waals surface area (Å²) >= 11 is 1.80. The highest BCUT2D eigenvalue weighted by Gasteiger charge is 2.02. The van der Waals surface area contributed by atoms with Crippen molar-refractivity contribution in [3.63, 3.8) is 0 Å². The Balaban J connectivity index is 2.06. The topological polar surface area (TPSA) is 41.1 Å². The number of rotatable bonds is 7. The Kier molecular flexibility index (Phi) is 6.22. The van der Waals surface area contributed by atoms with Crippen LogP contribution >= 0.6 is 11.3 Å². The van der Waals surface area contributed by atoms with Gasteiger partial charge in [-0.05, 0) is 25.0 Å². The van der Waals surface area contributed by atoms with Gasteiger partial charge >= 0.3 is 0 Å². The summed E-state index contributed by atoms with van der Waals surface area (Å²) < 4.78 is 0. The number of thiophene rings is 1. The largest absolute Gasteiger partial charge is 0.356 e. The molecule has 4 heteroatoms. The van der Waals surface area contributed by atoms with Crippen molar-refractivity contribution in [1.29, 1.82) is 0 Å². The predicted octanol–water partition coefficient (Wildman–Crippen LogP) is 2.31. The van der Waals surface area contributed by atoms with Gasteiger partial charge in [-0.3, -0.25) is 4.79 Å². The Labute approximate surface area is 108 Å². The van der Waals surface area contributed by atoms with Crippen LogP contribution in [0.15, 0.2) is 12.1 Å². The molecular formula is C13H22N2OS. The maximum Gasteiger partial charge on any atom is 0.221 e. The van der Waals surface area contributed by atoms with Gasteiger partial charge in [0, 0.05) is 35.8 Å². The summed E-state index contributed by atoms with van der Waals surface area (Å²) in [6, 6.07) is 4.25. The molecule has 0 aliphatic carbocycles. The summed E-state index contributed by atoms with van der Waals surface area (Å²) in [6.07, 6.45) is 0.553. The van der Waals surface area contributed by atoms with E-state index in [9.17, 15) is 4.79 Å². The maximum absolute atomic E-state index is 11.4. The molecule has 0 fully saturated rings. The van der Waals surface area contributed by atoms with Gasteiger partial charge in [-0.15, -0.1) is 11.3 Å². The third kappa shape index (κ3) is 6.44. The Morgan fingerprint density at radius 1 is 1.41 bits per heavy atom. The van der Waals surface area contributed by atoms with Crippen molar-refractivity contribution >= 4 is 17.2 Å². The van der Waals surface area contributed by atoms with Crippen molar-refractivity contribution in [2.75, 3.05) is 13.1 Å². The monoisotopic (exact) mass is 254 g/mol. The van der Waals surface area contributed by atoms with Gasteiger partial charge in [-0.2, -0.15) is 0 Å². The van der Waals surface area contributed by atoms with Crippen molar-refractivity contribution in [3.05, 3.63) is 21.9 Å². The van der Waals surface area contributed by atoms with E-state index in [1.165, 1.54) is 9.75 Å². The van der Waals surface area contributed by atoms with Gasteiger partial charge < -0.3 is 10.6 Å². The highest BCUT2D eigenvalue weighted by molar-refractivity contribution is 7.11. The molecule has 1 aromatic rings. The minimum atomic E-state index is 0.133. The molecule has 0 atom stereocenters. The second-order valence-electron chi connectivity index (χ2n) is 4.64. The second kappa shape index (κ2) is 7.45. The summed E-state index contributed by atoms with van der Waals surface area (Å²) in [5, 5.41) is 6.19. The third-order valence-corrected chi connectivity index (χ3v) is 3.33. The van der Waals surface area contributed by atoms with Crippen LogP contribution < -0.4 is 10.6 Å². The molecule has 0 aliphatic heterocycles. The van der Waals surface area contributed by atoms with Crippen LogP contribution in [0.25, 0.3) is 0 Å². The summed E-state index contributed by atoms with van der Waals surface area (Å²) in [5.41, 5.74) is 0. The van der Waals surface area contributed by atoms with Crippen LogP contribution in [0, 0.1) is 12.8 Å². The highest BCUT2D eigenvalue weighted by atomic mass is 32.1. The van der Waals surface area contributed by atoms with E-state index in [1.807, 2.05) is 0 Å². The van der Waals surface area contributed by atoms with Gasteiger partial charge in [0.2, 0.25) is 5.91 Å². The first-order chi connectivity index (χ1) is 8.08. The first-order valence-electron chi connectivity index (χ1n) is 6.10. The number of hydrogen-bond acceptors (Lipinski definition) is 3. The van der Waals surface area contributed by atoms with Gasteiger partial charge in [0.05, 0.1) is 0 Å². The standard InChI is InChI=1S/C13H22N2OS/c1-10(2)8-15-13(16)6-7-14-9-12-5-4-11(3)17-12/h4-5,10,14H,6-9H2,1-3H3,(H,15,16). The molecule has 0 saturated heterocycles. The lowest BCUT2D eigenvalue weighted by molar-refractivity contribution is -0.121. The van der Waals surface area contributed by atoms with Crippen LogP contribution in [0.3, 0.4) is 0 Å². The van der Waals surface area contributed by atoms with Crippen LogP contribution in [0.1, 0.15) is 30.0 Å². The molecule has 17 heavy (non-hydrogen) atoms. The van der Waals surface area contributed by atoms with Crippen molar-refractivity contribution in [2.45, 2.75) is 33.7 Å². The molecule has 1 aromatic heterocycles. The molecule has 1 amide bonds. The summed E-state index contributed by atoms with van der Waals surface area (Å²) in [4.78, 5) is 14.1. The summed E-state index contributed by atoms with van der Waals surface area (Å²) in [6.45, 7) is 8.66. The first kappa shape index (κ1) is 14.2. The zero-order valence-electron chi connectivity index (χ0n) is 10.9.